The van der Waals surface area contributed by atoms with Crippen LogP contribution in [0.15, 0.2) is 146 Å². The Morgan fingerprint density at radius 2 is 0.757 bits per heavy atom. The van der Waals surface area contributed by atoms with E-state index in [1.54, 1.807) is 6.08 Å². The lowest BCUT2D eigenvalue weighted by atomic mass is 10.1. The van der Waals surface area contributed by atoms with Gasteiger partial charge in [-0.05, 0) is 116 Å². The Morgan fingerprint density at radius 1 is 0.414 bits per heavy atom. The van der Waals surface area contributed by atoms with E-state index in [2.05, 4.69) is 142 Å². The fraction of sp³-hybridized carbons (Fsp3) is 0.534. The highest BCUT2D eigenvalue weighted by Gasteiger charge is 2.28. The second kappa shape index (κ2) is 50.7. The van der Waals surface area contributed by atoms with Crippen LogP contribution in [-0.2, 0) is 42.2 Å². The maximum atomic E-state index is 12.8. The zero-order valence-corrected chi connectivity index (χ0v) is 43.8. The number of allylic oxidation sites excluding steroid dienone is 23. The second-order valence-electron chi connectivity index (χ2n) is 16.2. The molecule has 3 atom stereocenters. The topological polar surface area (TPSA) is 155 Å². The molecule has 0 spiro atoms. The summed E-state index contributed by atoms with van der Waals surface area (Å²) in [6.07, 6.45) is 64.3. The van der Waals surface area contributed by atoms with E-state index in [0.717, 1.165) is 103 Å². The number of rotatable bonds is 45. The van der Waals surface area contributed by atoms with Gasteiger partial charge in [-0.1, -0.05) is 173 Å². The van der Waals surface area contributed by atoms with Crippen molar-refractivity contribution in [3.63, 3.8) is 0 Å². The highest BCUT2D eigenvalue weighted by atomic mass is 31.2. The van der Waals surface area contributed by atoms with Crippen molar-refractivity contribution in [3.8, 4) is 0 Å². The van der Waals surface area contributed by atoms with Crippen LogP contribution in [0.3, 0.4) is 0 Å². The maximum Gasteiger partial charge on any atom is 0.472 e. The summed E-state index contributed by atoms with van der Waals surface area (Å²) in [4.78, 5) is 48.2. The van der Waals surface area contributed by atoms with Crippen LogP contribution in [0.5, 0.6) is 0 Å². The summed E-state index contributed by atoms with van der Waals surface area (Å²) in [5, 5.41) is 9.77. The standard InChI is InChI=1S/C58H89O11P/c1-4-7-10-13-16-19-22-25-27-30-33-36-39-42-45-48-57(61)68-54(50-59)52-66-70(63,64)67-53-55(51-65-56(60)47-44-41-38-35-32-29-24-21-18-15-12-9-6-3)69-58(62)49-46-43-40-37-34-31-28-26-23-20-17-14-11-8-5-2/h7-12,16-21,25-29,32-34,36-37,43,46,54-55,59H,4-6,13-15,22-24,30-31,35,38-42,44-45,47-53H2,1-3H3,(H,63,64)/b10-7-,11-8-,12-9-,19-16-,20-17-,21-18-,27-25-,28-26-,32-29-,36-33-,37-34-,46-43-. The Balaban J connectivity index is 4.95. The number of aliphatic hydroxyl groups is 1. The molecular weight excluding hydrogens is 904 g/mol. The second-order valence-corrected chi connectivity index (χ2v) is 17.7. The quantitative estimate of drug-likeness (QED) is 0.0197. The lowest BCUT2D eigenvalue weighted by Crippen LogP contribution is -2.30. The van der Waals surface area contributed by atoms with Crippen LogP contribution >= 0.6 is 7.82 Å². The van der Waals surface area contributed by atoms with Gasteiger partial charge in [0.2, 0.25) is 0 Å². The van der Waals surface area contributed by atoms with E-state index < -0.39 is 64.4 Å². The normalized spacial score (nSPS) is 14.6. The van der Waals surface area contributed by atoms with Crippen molar-refractivity contribution < 1.29 is 52.2 Å². The average Bonchev–Trinajstić information content (AvgIpc) is 3.35. The first-order valence-corrected chi connectivity index (χ1v) is 27.2. The molecule has 0 aliphatic rings. The molecule has 0 aliphatic carbocycles. The number of ether oxygens (including phenoxy) is 3. The average molecular weight is 993 g/mol. The maximum absolute atomic E-state index is 12.8. The van der Waals surface area contributed by atoms with Crippen molar-refractivity contribution >= 4 is 25.7 Å². The summed E-state index contributed by atoms with van der Waals surface area (Å²) < 4.78 is 39.1. The smallest absolute Gasteiger partial charge is 0.462 e. The molecule has 0 rings (SSSR count). The Labute approximate surface area is 422 Å². The zero-order valence-electron chi connectivity index (χ0n) is 42.9. The van der Waals surface area contributed by atoms with Gasteiger partial charge in [0.15, 0.2) is 6.10 Å². The first-order chi connectivity index (χ1) is 34.2. The Bertz CT molecular complexity index is 1730. The Hall–Kier alpha value is -4.64. The van der Waals surface area contributed by atoms with Crippen LogP contribution in [0.2, 0.25) is 0 Å². The molecule has 0 aromatic rings. The molecule has 0 saturated heterocycles. The van der Waals surface area contributed by atoms with Gasteiger partial charge in [0, 0.05) is 12.8 Å². The lowest BCUT2D eigenvalue weighted by molar-refractivity contribution is -0.160. The van der Waals surface area contributed by atoms with Gasteiger partial charge in [0.1, 0.15) is 12.7 Å². The number of esters is 3. The Morgan fingerprint density at radius 3 is 1.19 bits per heavy atom. The fourth-order valence-corrected chi connectivity index (χ4v) is 6.75. The predicted molar refractivity (Wildman–Crippen MR) is 288 cm³/mol. The van der Waals surface area contributed by atoms with Crippen LogP contribution in [0.1, 0.15) is 162 Å². The van der Waals surface area contributed by atoms with Crippen molar-refractivity contribution in [2.24, 2.45) is 0 Å². The fourth-order valence-electron chi connectivity index (χ4n) is 5.96. The molecule has 0 saturated carbocycles. The molecule has 12 heteroatoms. The Kier molecular flexibility index (Phi) is 47.4. The molecule has 0 aromatic carbocycles. The first-order valence-electron chi connectivity index (χ1n) is 25.7. The summed E-state index contributed by atoms with van der Waals surface area (Å²) in [7, 11) is -4.80. The first kappa shape index (κ1) is 65.4. The highest BCUT2D eigenvalue weighted by Crippen LogP contribution is 2.43. The lowest BCUT2D eigenvalue weighted by Gasteiger charge is -2.21. The third-order valence-corrected chi connectivity index (χ3v) is 10.7. The van der Waals surface area contributed by atoms with Gasteiger partial charge in [0.25, 0.3) is 0 Å². The molecule has 0 bridgehead atoms. The van der Waals surface area contributed by atoms with Gasteiger partial charge in [0.05, 0.1) is 26.2 Å². The van der Waals surface area contributed by atoms with Gasteiger partial charge in [-0.2, -0.15) is 0 Å². The van der Waals surface area contributed by atoms with Gasteiger partial charge in [-0.15, -0.1) is 0 Å². The van der Waals surface area contributed by atoms with E-state index in [0.29, 0.717) is 19.3 Å². The molecule has 392 valence electrons. The largest absolute Gasteiger partial charge is 0.472 e. The predicted octanol–water partition coefficient (Wildman–Crippen LogP) is 14.8. The van der Waals surface area contributed by atoms with Crippen LogP contribution in [0, 0.1) is 0 Å². The molecule has 11 nitrogen and oxygen atoms in total. The minimum absolute atomic E-state index is 0.0831. The van der Waals surface area contributed by atoms with Crippen LogP contribution < -0.4 is 0 Å². The van der Waals surface area contributed by atoms with Crippen molar-refractivity contribution in [2.45, 2.75) is 174 Å². The monoisotopic (exact) mass is 993 g/mol. The molecule has 0 fully saturated rings. The van der Waals surface area contributed by atoms with E-state index in [-0.39, 0.29) is 19.3 Å². The minimum atomic E-state index is -4.80. The van der Waals surface area contributed by atoms with E-state index in [1.165, 1.54) is 0 Å². The van der Waals surface area contributed by atoms with Crippen molar-refractivity contribution in [3.05, 3.63) is 146 Å². The number of carbonyl (C=O) groups is 3. The highest BCUT2D eigenvalue weighted by molar-refractivity contribution is 7.47. The van der Waals surface area contributed by atoms with Crippen molar-refractivity contribution in [2.75, 3.05) is 26.4 Å². The number of aliphatic hydroxyl groups excluding tert-OH is 1. The zero-order chi connectivity index (χ0) is 51.3. The van der Waals surface area contributed by atoms with Crippen LogP contribution in [0.4, 0.5) is 0 Å². The van der Waals surface area contributed by atoms with E-state index >= 15 is 0 Å². The molecule has 0 aromatic heterocycles. The number of phosphoric acid groups is 1. The van der Waals surface area contributed by atoms with Crippen molar-refractivity contribution in [1.29, 1.82) is 0 Å². The number of carbonyl (C=O) groups excluding carboxylic acids is 3. The van der Waals surface area contributed by atoms with Gasteiger partial charge >= 0.3 is 25.7 Å². The summed E-state index contributed by atoms with van der Waals surface area (Å²) >= 11 is 0. The minimum Gasteiger partial charge on any atom is -0.462 e. The molecule has 0 radical (unpaired) electrons. The van der Waals surface area contributed by atoms with E-state index in [9.17, 15) is 28.9 Å². The molecule has 2 N–H and O–H groups in total. The molecular formula is C58H89O11P. The SMILES string of the molecule is CC/C=C\C/C=C\C/C=C\C/C=C\C/C=C\CC(=O)OC(COC(=O)CCCCC/C=C\C/C=C\C/C=C\CC)COP(=O)(O)OCC(CO)OC(=O)CCCC/C=C\C/C=C\C/C=C\C/C=C\CC. The number of hydrogen-bond donors (Lipinski definition) is 2. The summed E-state index contributed by atoms with van der Waals surface area (Å²) in [5.41, 5.74) is 0. The van der Waals surface area contributed by atoms with Crippen molar-refractivity contribution in [1.82, 2.24) is 0 Å². The van der Waals surface area contributed by atoms with Crippen LogP contribution in [-0.4, -0.2) is 66.5 Å². The molecule has 3 unspecified atom stereocenters. The van der Waals surface area contributed by atoms with E-state index in [1.807, 2.05) is 18.2 Å². The number of hydrogen-bond acceptors (Lipinski definition) is 10. The van der Waals surface area contributed by atoms with Crippen LogP contribution in [0.25, 0.3) is 0 Å². The molecule has 0 heterocycles. The number of unbranched alkanes of at least 4 members (excludes halogenated alkanes) is 5. The van der Waals surface area contributed by atoms with Gasteiger partial charge in [-0.25, -0.2) is 4.57 Å². The van der Waals surface area contributed by atoms with E-state index in [4.69, 9.17) is 23.3 Å². The number of phosphoric ester groups is 1. The van der Waals surface area contributed by atoms with Gasteiger partial charge < -0.3 is 24.2 Å². The third kappa shape index (κ3) is 48.4. The van der Waals surface area contributed by atoms with Gasteiger partial charge in [-0.3, -0.25) is 23.4 Å². The summed E-state index contributed by atoms with van der Waals surface area (Å²) in [6.45, 7) is 4.05. The third-order valence-electron chi connectivity index (χ3n) is 9.77. The molecule has 0 aliphatic heterocycles. The molecule has 0 amide bonds. The summed E-state index contributed by atoms with van der Waals surface area (Å²) in [6, 6.07) is 0. The molecule has 70 heavy (non-hydrogen) atoms. The summed E-state index contributed by atoms with van der Waals surface area (Å²) in [5.74, 6) is -1.72.